The van der Waals surface area contributed by atoms with Gasteiger partial charge in [0.15, 0.2) is 0 Å². The number of pyridine rings is 1. The van der Waals surface area contributed by atoms with Gasteiger partial charge in [0.05, 0.1) is 12.8 Å². The molecule has 0 saturated heterocycles. The van der Waals surface area contributed by atoms with Crippen molar-refractivity contribution in [3.63, 3.8) is 0 Å². The minimum atomic E-state index is -3.91. The van der Waals surface area contributed by atoms with Gasteiger partial charge in [-0.25, -0.2) is 0 Å². The van der Waals surface area contributed by atoms with Crippen molar-refractivity contribution in [1.82, 2.24) is 10.3 Å². The lowest BCUT2D eigenvalue weighted by molar-refractivity contribution is 0.307. The first kappa shape index (κ1) is 23.8. The number of unbranched alkanes of at least 4 members (excludes halogenated alkanes) is 6. The highest BCUT2D eigenvalue weighted by Crippen LogP contribution is 2.34. The maximum absolute atomic E-state index is 10.9. The van der Waals surface area contributed by atoms with Crippen LogP contribution in [0.15, 0.2) is 30.5 Å². The van der Waals surface area contributed by atoms with E-state index in [0.29, 0.717) is 26.1 Å². The molecule has 0 radical (unpaired) electrons. The van der Waals surface area contributed by atoms with Crippen LogP contribution in [-0.4, -0.2) is 34.1 Å². The molecule has 1 heterocycles. The molecule has 2 rings (SSSR count). The van der Waals surface area contributed by atoms with Crippen LogP contribution in [0, 0.1) is 0 Å². The highest BCUT2D eigenvalue weighted by atomic mass is 31.2. The van der Waals surface area contributed by atoms with Crippen molar-refractivity contribution >= 4 is 18.5 Å². The smallest absolute Gasteiger partial charge is 0.325 e. The van der Waals surface area contributed by atoms with E-state index in [1.54, 1.807) is 6.20 Å². The van der Waals surface area contributed by atoms with Crippen molar-refractivity contribution in [3.8, 4) is 5.75 Å². The summed E-state index contributed by atoms with van der Waals surface area (Å²) in [5, 5.41) is 4.30. The molecule has 3 N–H and O–H groups in total. The number of aromatic nitrogens is 1. The van der Waals surface area contributed by atoms with Crippen molar-refractivity contribution in [2.24, 2.45) is 0 Å². The van der Waals surface area contributed by atoms with E-state index >= 15 is 0 Å². The Morgan fingerprint density at radius 3 is 2.55 bits per heavy atom. The molecule has 2 aromatic rings. The molecule has 0 unspecified atom stereocenters. The molecule has 1 aromatic carbocycles. The lowest BCUT2D eigenvalue weighted by Gasteiger charge is -2.13. The summed E-state index contributed by atoms with van der Waals surface area (Å²) < 4.78 is 16.9. The molecular weight excluding hydrogens is 387 g/mol. The topological polar surface area (TPSA) is 91.7 Å². The van der Waals surface area contributed by atoms with Crippen LogP contribution >= 0.6 is 7.60 Å². The normalized spacial score (nSPS) is 11.8. The molecular formula is C22H35N2O4P. The summed E-state index contributed by atoms with van der Waals surface area (Å²) in [6, 6.07) is 7.97. The number of fused-ring (bicyclic) bond motifs is 1. The fourth-order valence-corrected chi connectivity index (χ4v) is 3.92. The number of nitrogens with zero attached hydrogens (tertiary/aromatic N) is 1. The Hall–Kier alpha value is -1.46. The van der Waals surface area contributed by atoms with Gasteiger partial charge in [-0.15, -0.1) is 0 Å². The Morgan fingerprint density at radius 2 is 1.79 bits per heavy atom. The second-order valence-electron chi connectivity index (χ2n) is 7.51. The molecule has 0 atom stereocenters. The molecule has 0 aliphatic heterocycles. The van der Waals surface area contributed by atoms with E-state index in [4.69, 9.17) is 14.5 Å². The first-order chi connectivity index (χ1) is 14.0. The van der Waals surface area contributed by atoms with E-state index in [1.807, 2.05) is 24.3 Å². The zero-order valence-electron chi connectivity index (χ0n) is 17.5. The van der Waals surface area contributed by atoms with Gasteiger partial charge in [0.2, 0.25) is 0 Å². The second kappa shape index (κ2) is 13.0. The average Bonchev–Trinajstić information content (AvgIpc) is 2.70. The number of benzene rings is 1. The molecule has 0 aliphatic carbocycles. The lowest BCUT2D eigenvalue weighted by Crippen LogP contribution is -2.16. The van der Waals surface area contributed by atoms with Gasteiger partial charge in [0.1, 0.15) is 11.3 Å². The predicted molar refractivity (Wildman–Crippen MR) is 118 cm³/mol. The van der Waals surface area contributed by atoms with Crippen molar-refractivity contribution < 1.29 is 19.1 Å². The van der Waals surface area contributed by atoms with Gasteiger partial charge in [0, 0.05) is 18.1 Å². The van der Waals surface area contributed by atoms with Crippen LogP contribution in [0.3, 0.4) is 0 Å². The van der Waals surface area contributed by atoms with Gasteiger partial charge >= 0.3 is 7.60 Å². The summed E-state index contributed by atoms with van der Waals surface area (Å²) in [6.45, 7) is 4.13. The molecule has 0 saturated carbocycles. The van der Waals surface area contributed by atoms with Crippen molar-refractivity contribution in [2.75, 3.05) is 19.3 Å². The van der Waals surface area contributed by atoms with Gasteiger partial charge in [0.25, 0.3) is 0 Å². The van der Waals surface area contributed by atoms with Crippen LogP contribution in [0.5, 0.6) is 5.75 Å². The molecule has 29 heavy (non-hydrogen) atoms. The molecule has 0 bridgehead atoms. The van der Waals surface area contributed by atoms with Gasteiger partial charge < -0.3 is 19.8 Å². The van der Waals surface area contributed by atoms with E-state index in [9.17, 15) is 4.57 Å². The quantitative estimate of drug-likeness (QED) is 0.276. The van der Waals surface area contributed by atoms with Gasteiger partial charge in [-0.2, -0.15) is 0 Å². The molecule has 0 fully saturated rings. The third kappa shape index (κ3) is 9.26. The number of hydrogen-bond acceptors (Lipinski definition) is 4. The summed E-state index contributed by atoms with van der Waals surface area (Å²) in [5.74, 6) is 0.817. The summed E-state index contributed by atoms with van der Waals surface area (Å²) in [7, 11) is -3.91. The van der Waals surface area contributed by atoms with Crippen molar-refractivity contribution in [1.29, 1.82) is 0 Å². The van der Waals surface area contributed by atoms with Crippen molar-refractivity contribution in [3.05, 3.63) is 36.0 Å². The van der Waals surface area contributed by atoms with E-state index < -0.39 is 7.60 Å². The SMILES string of the molecule is CCCCCCCCCOc1ccc(CNCCCP(=O)(O)O)c2cccnc12. The van der Waals surface area contributed by atoms with Crippen LogP contribution in [-0.2, 0) is 11.1 Å². The van der Waals surface area contributed by atoms with Crippen LogP contribution in [0.25, 0.3) is 10.9 Å². The molecule has 1 aromatic heterocycles. The van der Waals surface area contributed by atoms with Gasteiger partial charge in [-0.1, -0.05) is 57.6 Å². The fraction of sp³-hybridized carbons (Fsp3) is 0.591. The van der Waals surface area contributed by atoms with E-state index in [1.165, 1.54) is 38.5 Å². The number of hydrogen-bond donors (Lipinski definition) is 3. The number of rotatable bonds is 15. The molecule has 0 spiro atoms. The van der Waals surface area contributed by atoms with Crippen molar-refractivity contribution in [2.45, 2.75) is 64.8 Å². The van der Waals surface area contributed by atoms with E-state index in [2.05, 4.69) is 17.2 Å². The Bertz CT molecular complexity index is 778. The highest BCUT2D eigenvalue weighted by Gasteiger charge is 2.12. The van der Waals surface area contributed by atoms with E-state index in [0.717, 1.165) is 28.6 Å². The van der Waals surface area contributed by atoms with Crippen LogP contribution in [0.1, 0.15) is 63.9 Å². The molecule has 6 nitrogen and oxygen atoms in total. The summed E-state index contributed by atoms with van der Waals surface area (Å²) in [4.78, 5) is 22.4. The number of ether oxygens (including phenoxy) is 1. The summed E-state index contributed by atoms with van der Waals surface area (Å²) in [6.07, 6.45) is 10.9. The Labute approximate surface area is 174 Å². The van der Waals surface area contributed by atoms with Crippen LogP contribution in [0.4, 0.5) is 0 Å². The minimum absolute atomic E-state index is 0.0896. The Balaban J connectivity index is 1.82. The molecule has 0 aliphatic rings. The number of nitrogens with one attached hydrogen (secondary N) is 1. The third-order valence-electron chi connectivity index (χ3n) is 4.95. The zero-order valence-corrected chi connectivity index (χ0v) is 18.4. The lowest BCUT2D eigenvalue weighted by atomic mass is 10.1. The first-order valence-electron chi connectivity index (χ1n) is 10.8. The van der Waals surface area contributed by atoms with E-state index in [-0.39, 0.29) is 6.16 Å². The predicted octanol–water partition coefficient (Wildman–Crippen LogP) is 5.02. The first-order valence-corrected chi connectivity index (χ1v) is 12.6. The minimum Gasteiger partial charge on any atom is -0.491 e. The van der Waals surface area contributed by atoms with Gasteiger partial charge in [-0.3, -0.25) is 9.55 Å². The molecule has 7 heteroatoms. The second-order valence-corrected chi connectivity index (χ2v) is 9.29. The Kier molecular flexibility index (Phi) is 10.6. The molecule has 162 valence electrons. The highest BCUT2D eigenvalue weighted by molar-refractivity contribution is 7.51. The zero-order chi connectivity index (χ0) is 21.0. The Morgan fingerprint density at radius 1 is 1.03 bits per heavy atom. The van der Waals surface area contributed by atoms with Crippen LogP contribution in [0.2, 0.25) is 0 Å². The molecule has 0 amide bonds. The average molecular weight is 423 g/mol. The summed E-state index contributed by atoms with van der Waals surface area (Å²) in [5.41, 5.74) is 1.97. The monoisotopic (exact) mass is 422 g/mol. The fourth-order valence-electron chi connectivity index (χ4n) is 3.35. The standard InChI is InChI=1S/C22H35N2O4P/c1-2-3-4-5-6-7-8-16-28-21-13-12-19(20-11-9-15-24-22(20)21)18-23-14-10-17-29(25,26)27/h9,11-13,15,23H,2-8,10,14,16-18H2,1H3,(H2,25,26,27). The maximum atomic E-state index is 10.9. The summed E-state index contributed by atoms with van der Waals surface area (Å²) >= 11 is 0. The van der Waals surface area contributed by atoms with Crippen LogP contribution < -0.4 is 10.1 Å². The maximum Gasteiger partial charge on any atom is 0.325 e. The van der Waals surface area contributed by atoms with Gasteiger partial charge in [-0.05, 0) is 37.1 Å². The third-order valence-corrected chi connectivity index (χ3v) is 5.85. The largest absolute Gasteiger partial charge is 0.491 e.